The Morgan fingerprint density at radius 1 is 0.411 bits per heavy atom. The maximum Gasteiger partial charge on any atom is 0.0465 e. The lowest BCUT2D eigenvalue weighted by Crippen LogP contribution is -2.34. The predicted octanol–water partition coefficient (Wildman–Crippen LogP) is 19.3. The van der Waals surface area contributed by atoms with Crippen LogP contribution in [0.25, 0.3) is 66.1 Å². The highest BCUT2D eigenvalue weighted by Gasteiger charge is 2.44. The molecule has 2 heteroatoms. The van der Waals surface area contributed by atoms with Gasteiger partial charge in [0.2, 0.25) is 0 Å². The van der Waals surface area contributed by atoms with E-state index < -0.39 is 0 Å². The molecule has 11 aromatic rings. The van der Waals surface area contributed by atoms with Gasteiger partial charge in [-0.2, -0.15) is 0 Å². The van der Waals surface area contributed by atoms with Gasteiger partial charge in [-0.15, -0.1) is 0 Å². The SMILES string of the molecule is CC1(C)c2cc(-c3c4ccccc4c(-c4ccccc4)c4ccccc34)ccc2-c2ccc(N(c3ccccc3)c3ccc(N4c5ccc(-c6ccccc6)cc5C5CC(c6ccccc6)CC[C@H]54)cc3)cc21. The molecule has 1 aliphatic heterocycles. The van der Waals surface area contributed by atoms with E-state index in [1.54, 1.807) is 0 Å². The van der Waals surface area contributed by atoms with Crippen LogP contribution in [0.1, 0.15) is 67.2 Å². The molecule has 0 spiro atoms. The number of para-hydroxylation sites is 1. The van der Waals surface area contributed by atoms with Crippen molar-refractivity contribution in [1.82, 2.24) is 0 Å². The topological polar surface area (TPSA) is 6.48 Å². The fourth-order valence-corrected chi connectivity index (χ4v) is 13.4. The molecule has 0 amide bonds. The minimum atomic E-state index is -0.238. The molecule has 350 valence electrons. The minimum absolute atomic E-state index is 0.238. The lowest BCUT2D eigenvalue weighted by molar-refractivity contribution is 0.361. The zero-order valence-corrected chi connectivity index (χ0v) is 41.4. The number of hydrogen-bond acceptors (Lipinski definition) is 2. The Hall–Kier alpha value is -8.46. The van der Waals surface area contributed by atoms with Gasteiger partial charge in [0, 0.05) is 45.8 Å². The minimum Gasteiger partial charge on any atom is -0.338 e. The van der Waals surface area contributed by atoms with Crippen molar-refractivity contribution in [2.24, 2.45) is 0 Å². The quantitative estimate of drug-likeness (QED) is 0.140. The van der Waals surface area contributed by atoms with E-state index >= 15 is 0 Å². The summed E-state index contributed by atoms with van der Waals surface area (Å²) in [4.78, 5) is 5.12. The van der Waals surface area contributed by atoms with E-state index in [0.717, 1.165) is 29.9 Å². The summed E-state index contributed by atoms with van der Waals surface area (Å²) in [6.45, 7) is 4.83. The second-order valence-corrected chi connectivity index (χ2v) is 21.1. The van der Waals surface area contributed by atoms with Crippen LogP contribution >= 0.6 is 0 Å². The maximum absolute atomic E-state index is 2.68. The highest BCUT2D eigenvalue weighted by atomic mass is 15.2. The summed E-state index contributed by atoms with van der Waals surface area (Å²) in [6.07, 6.45) is 3.50. The van der Waals surface area contributed by atoms with Gasteiger partial charge in [0.25, 0.3) is 0 Å². The highest BCUT2D eigenvalue weighted by Crippen LogP contribution is 2.56. The van der Waals surface area contributed by atoms with Gasteiger partial charge in [-0.3, -0.25) is 0 Å². The van der Waals surface area contributed by atoms with Crippen LogP contribution < -0.4 is 9.80 Å². The zero-order valence-electron chi connectivity index (χ0n) is 41.4. The van der Waals surface area contributed by atoms with Crippen molar-refractivity contribution >= 4 is 50.0 Å². The molecule has 0 N–H and O–H groups in total. The molecule has 2 aliphatic carbocycles. The van der Waals surface area contributed by atoms with Crippen LogP contribution in [-0.4, -0.2) is 6.04 Å². The summed E-state index contributed by atoms with van der Waals surface area (Å²) in [5.41, 5.74) is 21.8. The maximum atomic E-state index is 2.68. The van der Waals surface area contributed by atoms with Gasteiger partial charge >= 0.3 is 0 Å². The van der Waals surface area contributed by atoms with Crippen molar-refractivity contribution in [3.8, 4) is 44.5 Å². The monoisotopic (exact) mass is 936 g/mol. The molecule has 2 unspecified atom stereocenters. The first-order valence-corrected chi connectivity index (χ1v) is 26.3. The first-order valence-electron chi connectivity index (χ1n) is 26.3. The van der Waals surface area contributed by atoms with E-state index in [2.05, 4.69) is 272 Å². The Labute approximate surface area is 429 Å². The molecule has 0 radical (unpaired) electrons. The summed E-state index contributed by atoms with van der Waals surface area (Å²) in [7, 11) is 0. The Kier molecular flexibility index (Phi) is 10.3. The third kappa shape index (κ3) is 7.14. The summed E-state index contributed by atoms with van der Waals surface area (Å²) < 4.78 is 0. The van der Waals surface area contributed by atoms with Crippen molar-refractivity contribution in [2.45, 2.75) is 56.4 Å². The smallest absolute Gasteiger partial charge is 0.0465 e. The third-order valence-electron chi connectivity index (χ3n) is 16.8. The number of benzene rings is 11. The van der Waals surface area contributed by atoms with Crippen LogP contribution in [0.5, 0.6) is 0 Å². The number of nitrogens with zero attached hydrogens (tertiary/aromatic N) is 2. The van der Waals surface area contributed by atoms with Gasteiger partial charge in [-0.05, 0) is 180 Å². The lowest BCUT2D eigenvalue weighted by atomic mass is 9.73. The molecule has 0 saturated heterocycles. The summed E-state index contributed by atoms with van der Waals surface area (Å²) >= 11 is 0. The Balaban J connectivity index is 0.827. The summed E-state index contributed by atoms with van der Waals surface area (Å²) in [5.74, 6) is 1.01. The molecule has 14 rings (SSSR count). The van der Waals surface area contributed by atoms with Crippen LogP contribution in [-0.2, 0) is 5.41 Å². The van der Waals surface area contributed by atoms with Gasteiger partial charge in [-0.25, -0.2) is 0 Å². The average Bonchev–Trinajstić information content (AvgIpc) is 3.90. The van der Waals surface area contributed by atoms with E-state index in [1.165, 1.54) is 106 Å². The second-order valence-electron chi connectivity index (χ2n) is 21.1. The summed E-state index contributed by atoms with van der Waals surface area (Å²) in [6, 6.07) is 93.4. The molecule has 0 aromatic heterocycles. The van der Waals surface area contributed by atoms with Gasteiger partial charge in [0.05, 0.1) is 0 Å². The average molecular weight is 937 g/mol. The second kappa shape index (κ2) is 17.4. The highest BCUT2D eigenvalue weighted by molar-refractivity contribution is 6.21. The van der Waals surface area contributed by atoms with Crippen molar-refractivity contribution in [2.75, 3.05) is 9.80 Å². The fraction of sp³-hybridized carbons (Fsp3) is 0.127. The summed E-state index contributed by atoms with van der Waals surface area (Å²) in [5, 5.41) is 5.12. The molecule has 2 nitrogen and oxygen atoms in total. The molecule has 1 saturated carbocycles. The number of fused-ring (bicyclic) bond motifs is 8. The van der Waals surface area contributed by atoms with Crippen molar-refractivity contribution in [3.05, 3.63) is 271 Å². The Morgan fingerprint density at radius 2 is 0.918 bits per heavy atom. The molecular formula is C71H56N2. The van der Waals surface area contributed by atoms with E-state index in [9.17, 15) is 0 Å². The van der Waals surface area contributed by atoms with Crippen LogP contribution in [0.15, 0.2) is 249 Å². The number of hydrogen-bond donors (Lipinski definition) is 0. The molecule has 1 fully saturated rings. The molecule has 1 heterocycles. The van der Waals surface area contributed by atoms with Crippen LogP contribution in [0.3, 0.4) is 0 Å². The van der Waals surface area contributed by atoms with E-state index in [-0.39, 0.29) is 5.41 Å². The number of anilines is 5. The normalized spacial score (nSPS) is 17.2. The standard InChI is InChI=1S/C71H56N2/c1-71(2)65-45-52(70-61-29-17-15-27-59(61)69(49-23-11-5-12-24-49)60-28-16-18-30-62(60)70)31-39-57(65)58-40-38-56(46-66(58)71)72(53-25-13-6-14-26-53)54-34-36-55(37-35-54)73-67-41-32-50(47-19-7-3-8-20-47)43-63(67)64-44-51(33-42-68(64)73)48-21-9-4-10-22-48/h3-32,34-41,43,45-46,51,64,68H,33,42,44H2,1-2H3/t51?,64?,68-/m1/s1. The third-order valence-corrected chi connectivity index (χ3v) is 16.8. The molecular weight excluding hydrogens is 881 g/mol. The van der Waals surface area contributed by atoms with Crippen LogP contribution in [0.4, 0.5) is 28.4 Å². The van der Waals surface area contributed by atoms with Crippen LogP contribution in [0.2, 0.25) is 0 Å². The van der Waals surface area contributed by atoms with Gasteiger partial charge < -0.3 is 9.80 Å². The van der Waals surface area contributed by atoms with Crippen LogP contribution in [0, 0.1) is 0 Å². The zero-order chi connectivity index (χ0) is 48.6. The Bertz CT molecular complexity index is 3800. The number of rotatable bonds is 8. The van der Waals surface area contributed by atoms with E-state index in [1.807, 2.05) is 0 Å². The lowest BCUT2D eigenvalue weighted by Gasteiger charge is -2.37. The first kappa shape index (κ1) is 43.3. The van der Waals surface area contributed by atoms with Gasteiger partial charge in [0.1, 0.15) is 0 Å². The molecule has 73 heavy (non-hydrogen) atoms. The predicted molar refractivity (Wildman–Crippen MR) is 308 cm³/mol. The molecule has 0 bridgehead atoms. The fourth-order valence-electron chi connectivity index (χ4n) is 13.4. The Morgan fingerprint density at radius 3 is 1.56 bits per heavy atom. The molecule has 3 atom stereocenters. The first-order chi connectivity index (χ1) is 36.0. The van der Waals surface area contributed by atoms with E-state index in [0.29, 0.717) is 17.9 Å². The molecule has 11 aromatic carbocycles. The molecule has 3 aliphatic rings. The van der Waals surface area contributed by atoms with Crippen molar-refractivity contribution in [3.63, 3.8) is 0 Å². The van der Waals surface area contributed by atoms with E-state index in [4.69, 9.17) is 0 Å². The largest absolute Gasteiger partial charge is 0.338 e. The van der Waals surface area contributed by atoms with Gasteiger partial charge in [0.15, 0.2) is 0 Å². The van der Waals surface area contributed by atoms with Gasteiger partial charge in [-0.1, -0.05) is 196 Å². The van der Waals surface area contributed by atoms with Crippen molar-refractivity contribution in [1.29, 1.82) is 0 Å². The van der Waals surface area contributed by atoms with Crippen molar-refractivity contribution < 1.29 is 0 Å².